The third kappa shape index (κ3) is 14.5. The number of carbonyl (C=O) groups is 2. The number of ether oxygens (including phenoxy) is 2. The van der Waals surface area contributed by atoms with Gasteiger partial charge in [0.25, 0.3) is 0 Å². The summed E-state index contributed by atoms with van der Waals surface area (Å²) in [4.78, 5) is 51.2. The van der Waals surface area contributed by atoms with Gasteiger partial charge in [0, 0.05) is 84.7 Å². The molecule has 470 valence electrons. The van der Waals surface area contributed by atoms with Crippen molar-refractivity contribution in [1.82, 2.24) is 39.2 Å². The number of anilines is 2. The number of benzene rings is 2. The third-order valence-electron chi connectivity index (χ3n) is 17.5. The van der Waals surface area contributed by atoms with Crippen LogP contribution in [0.1, 0.15) is 180 Å². The van der Waals surface area contributed by atoms with Crippen molar-refractivity contribution < 1.29 is 38.1 Å². The number of nitrogens with zero attached hydrogens (tertiary/aromatic N) is 10. The Labute approximate surface area is 527 Å². The summed E-state index contributed by atoms with van der Waals surface area (Å²) in [7, 11) is 0. The quantitative estimate of drug-likeness (QED) is 0.150. The maximum Gasteiger partial charge on any atom is 0.337 e. The van der Waals surface area contributed by atoms with Crippen molar-refractivity contribution >= 4 is 57.5 Å². The number of rotatable bonds is 6. The number of thiazole rings is 2. The van der Waals surface area contributed by atoms with Gasteiger partial charge < -0.3 is 29.5 Å². The third-order valence-corrected chi connectivity index (χ3v) is 19.5. The van der Waals surface area contributed by atoms with Crippen molar-refractivity contribution in [2.75, 3.05) is 36.0 Å². The minimum absolute atomic E-state index is 0.0190. The van der Waals surface area contributed by atoms with Crippen LogP contribution < -0.4 is 9.80 Å². The number of piperidine rings is 2. The minimum atomic E-state index is -1.21. The average Bonchev–Trinajstić information content (AvgIpc) is 1.74. The number of carboxylic acid groups (broad SMARTS) is 2. The first-order valence-corrected chi connectivity index (χ1v) is 32.8. The van der Waals surface area contributed by atoms with Gasteiger partial charge in [-0.25, -0.2) is 38.3 Å². The lowest BCUT2D eigenvalue weighted by Gasteiger charge is -2.40. The second-order valence-electron chi connectivity index (χ2n) is 27.0. The monoisotopic (exact) mass is 1250 g/mol. The Morgan fingerprint density at radius 1 is 0.584 bits per heavy atom. The molecule has 8 aromatic rings. The van der Waals surface area contributed by atoms with Crippen LogP contribution in [0.2, 0.25) is 0 Å². The molecule has 6 aliphatic heterocycles. The first kappa shape index (κ1) is 63.3. The molecule has 0 radical (unpaired) electrons. The predicted molar refractivity (Wildman–Crippen MR) is 346 cm³/mol. The highest BCUT2D eigenvalue weighted by Gasteiger charge is 2.39. The van der Waals surface area contributed by atoms with Crippen LogP contribution in [0.15, 0.2) is 85.2 Å². The van der Waals surface area contributed by atoms with Gasteiger partial charge in [-0.3, -0.25) is 0 Å². The second kappa shape index (κ2) is 25.6. The van der Waals surface area contributed by atoms with Crippen LogP contribution in [-0.2, 0) is 44.7 Å². The number of aromatic nitrogens is 8. The molecule has 0 aliphatic carbocycles. The van der Waals surface area contributed by atoms with E-state index in [9.17, 15) is 28.6 Å². The van der Waals surface area contributed by atoms with Crippen LogP contribution in [0.4, 0.5) is 20.4 Å². The van der Waals surface area contributed by atoms with E-state index in [2.05, 4.69) is 48.0 Å². The Morgan fingerprint density at radius 2 is 0.989 bits per heavy atom. The Hall–Kier alpha value is -7.26. The fourth-order valence-electron chi connectivity index (χ4n) is 12.7. The van der Waals surface area contributed by atoms with Crippen LogP contribution in [-0.4, -0.2) is 98.7 Å². The first-order chi connectivity index (χ1) is 42.3. The fourth-order valence-corrected chi connectivity index (χ4v) is 14.5. The standard InChI is InChI=1S/C35H42FN5O3S.C34H40FN5O3S/c1-22-29(30(33(42)43)44-34(2,3)4)32-40-16-14-35(5,15-17-40)13-9-7-6-8-10-23-18-25(36)12-11-24(23)19-26-21-37-31(45-26)27-20-28(38-22)41(32)39-27;1-21-28(29(32(41)42)43-33(2,3)4)31-39-15-13-34(5,14-16-39)12-8-6-7-9-22-17-24(35)11-10-23(22)18-25-20-36-30(44-25)26-19-27(37-21)40(31)38-26/h9,11-13,18,20-21,30H,6-8,10,14-17,19H2,1-5H3,(H,42,43);8,10-12,17,19-20,29H,6-7,9,13-16,18H2,1-5H3,(H,41,42)/b13-9+;12-8+/t30-;29-/m00/s1. The molecule has 0 saturated carbocycles. The molecule has 2 N–H and O–H groups in total. The van der Waals surface area contributed by atoms with Crippen molar-refractivity contribution in [1.29, 1.82) is 0 Å². The summed E-state index contributed by atoms with van der Waals surface area (Å²) >= 11 is 3.13. The van der Waals surface area contributed by atoms with Crippen LogP contribution in [0.3, 0.4) is 0 Å². The molecule has 14 rings (SSSR count). The minimum Gasteiger partial charge on any atom is -0.479 e. The molecule has 6 aliphatic rings. The number of hydrogen-bond acceptors (Lipinski definition) is 14. The van der Waals surface area contributed by atoms with Crippen molar-refractivity contribution in [2.24, 2.45) is 10.8 Å². The number of allylic oxidation sites excluding steroid dienone is 4. The normalized spacial score (nSPS) is 18.5. The summed E-state index contributed by atoms with van der Waals surface area (Å²) < 4.78 is 44.4. The Morgan fingerprint density at radius 3 is 1.39 bits per heavy atom. The lowest BCUT2D eigenvalue weighted by molar-refractivity contribution is -0.161. The molecule has 6 aromatic heterocycles. The largest absolute Gasteiger partial charge is 0.479 e. The summed E-state index contributed by atoms with van der Waals surface area (Å²) in [5.41, 5.74) is 7.91. The number of aliphatic carboxylic acids is 2. The molecule has 0 unspecified atom stereocenters. The second-order valence-corrected chi connectivity index (χ2v) is 29.3. The van der Waals surface area contributed by atoms with E-state index < -0.39 is 35.3 Å². The summed E-state index contributed by atoms with van der Waals surface area (Å²) in [6, 6.07) is 14.0. The fraction of sp³-hybridized carbons (Fsp3) is 0.478. The zero-order chi connectivity index (χ0) is 63.2. The molecule has 2 saturated heterocycles. The first-order valence-electron chi connectivity index (χ1n) is 31.2. The highest BCUT2D eigenvalue weighted by molar-refractivity contribution is 7.15. The van der Waals surface area contributed by atoms with E-state index in [4.69, 9.17) is 39.6 Å². The number of aryl methyl sites for hydroxylation is 4. The van der Waals surface area contributed by atoms with Crippen LogP contribution in [0.5, 0.6) is 0 Å². The lowest BCUT2D eigenvalue weighted by Crippen LogP contribution is -2.40. The Kier molecular flexibility index (Phi) is 18.2. The lowest BCUT2D eigenvalue weighted by atomic mass is 9.79. The van der Waals surface area contributed by atoms with Crippen molar-refractivity contribution in [2.45, 2.75) is 176 Å². The highest BCUT2D eigenvalue weighted by atomic mass is 32.1. The molecule has 20 heteroatoms. The van der Waals surface area contributed by atoms with Crippen molar-refractivity contribution in [3.63, 3.8) is 0 Å². The molecule has 89 heavy (non-hydrogen) atoms. The summed E-state index contributed by atoms with van der Waals surface area (Å²) in [5, 5.41) is 32.3. The molecule has 0 spiro atoms. The molecule has 0 amide bonds. The van der Waals surface area contributed by atoms with Crippen LogP contribution >= 0.6 is 22.7 Å². The van der Waals surface area contributed by atoms with Crippen LogP contribution in [0, 0.1) is 36.3 Å². The maximum atomic E-state index is 14.2. The van der Waals surface area contributed by atoms with E-state index in [1.165, 1.54) is 12.1 Å². The summed E-state index contributed by atoms with van der Waals surface area (Å²) in [6.45, 7) is 22.4. The van der Waals surface area contributed by atoms with E-state index >= 15 is 0 Å². The van der Waals surface area contributed by atoms with Crippen molar-refractivity contribution in [3.05, 3.63) is 151 Å². The van der Waals surface area contributed by atoms with Gasteiger partial charge in [0.05, 0.1) is 22.3 Å². The van der Waals surface area contributed by atoms with Gasteiger partial charge in [-0.05, 0) is 183 Å². The smallest absolute Gasteiger partial charge is 0.337 e. The van der Waals surface area contributed by atoms with Gasteiger partial charge in [0.1, 0.15) is 44.7 Å². The number of hydrogen-bond donors (Lipinski definition) is 2. The molecule has 16 nitrogen and oxygen atoms in total. The van der Waals surface area contributed by atoms with E-state index in [1.807, 2.05) is 92.0 Å². The molecule has 2 fully saturated rings. The van der Waals surface area contributed by atoms with E-state index in [-0.39, 0.29) is 22.5 Å². The van der Waals surface area contributed by atoms with Crippen molar-refractivity contribution in [3.8, 4) is 21.4 Å². The molecule has 12 heterocycles. The molecule has 2 aromatic carbocycles. The summed E-state index contributed by atoms with van der Waals surface area (Å²) in [5.74, 6) is -1.09. The zero-order valence-electron chi connectivity index (χ0n) is 52.8. The SMILES string of the molecule is Cc1nc2cc3nn2c(c1[C@H](OC(C)(C)C)C(=O)O)N1CCC(C)(/C=C/CCCCc2cc(F)ccc2Cc2cnc-3s2)CC1.Cc1nc2cc3nn2c(c1[C@H](OC(C)(C)C)C(=O)O)N1CCC(C)(/C=C/CCCc2cc(F)ccc2Cc2cnc-3s2)CC1. The van der Waals surface area contributed by atoms with E-state index in [1.54, 1.807) is 43.8 Å². The number of carboxylic acids is 2. The van der Waals surface area contributed by atoms with Crippen LogP contribution in [0.25, 0.3) is 32.7 Å². The summed E-state index contributed by atoms with van der Waals surface area (Å²) in [6.07, 6.45) is 22.1. The van der Waals surface area contributed by atoms with E-state index in [0.29, 0.717) is 69.7 Å². The average molecular weight is 1250 g/mol. The number of fused-ring (bicyclic) bond motifs is 11. The molecule has 2 atom stereocenters. The maximum absolute atomic E-state index is 14.2. The molecule has 12 bridgehead atoms. The number of halogens is 2. The van der Waals surface area contributed by atoms with Gasteiger partial charge in [-0.1, -0.05) is 50.3 Å². The topological polar surface area (TPSA) is 186 Å². The van der Waals surface area contributed by atoms with Gasteiger partial charge in [-0.15, -0.1) is 22.7 Å². The Balaban J connectivity index is 0.000000184. The van der Waals surface area contributed by atoms with Gasteiger partial charge in [0.15, 0.2) is 23.5 Å². The van der Waals surface area contributed by atoms with Gasteiger partial charge >= 0.3 is 11.9 Å². The van der Waals surface area contributed by atoms with Gasteiger partial charge in [0.2, 0.25) is 0 Å². The van der Waals surface area contributed by atoms with E-state index in [0.717, 1.165) is 139 Å². The predicted octanol–water partition coefficient (Wildman–Crippen LogP) is 15.1. The Bertz CT molecular complexity index is 3980. The highest BCUT2D eigenvalue weighted by Crippen LogP contribution is 2.43. The van der Waals surface area contributed by atoms with Gasteiger partial charge in [-0.2, -0.15) is 19.2 Å². The zero-order valence-corrected chi connectivity index (χ0v) is 54.5. The molecular weight excluding hydrogens is 1170 g/mol. The molecular formula is C69H82F2N10O6S2.